The number of isocyanates is 3. The van der Waals surface area contributed by atoms with Gasteiger partial charge in [0.1, 0.15) is 0 Å². The van der Waals surface area contributed by atoms with Crippen molar-refractivity contribution in [1.82, 2.24) is 0 Å². The van der Waals surface area contributed by atoms with Crippen LogP contribution < -0.4 is 68.9 Å². The van der Waals surface area contributed by atoms with E-state index in [9.17, 15) is 14.4 Å². The highest BCUT2D eigenvalue weighted by Gasteiger charge is 2.59. The Kier molecular flexibility index (Phi) is 46.2. The van der Waals surface area contributed by atoms with Crippen molar-refractivity contribution >= 4 is 176 Å². The van der Waals surface area contributed by atoms with Crippen molar-refractivity contribution in [3.8, 4) is 0 Å². The smallest absolute Gasteiger partial charge is 0.399 e. The summed E-state index contributed by atoms with van der Waals surface area (Å²) < 4.78 is 118. The van der Waals surface area contributed by atoms with Gasteiger partial charge in [-0.1, -0.05) is 150 Å². The quantitative estimate of drug-likeness (QED) is 0.0114. The molecule has 8 rings (SSSR count). The van der Waals surface area contributed by atoms with Gasteiger partial charge in [0, 0.05) is 204 Å². The Labute approximate surface area is 698 Å². The lowest BCUT2D eigenvalue weighted by molar-refractivity contribution is -0.115. The molecule has 0 aliphatic carbocycles. The first-order valence-corrected chi connectivity index (χ1v) is 48.9. The van der Waals surface area contributed by atoms with Crippen LogP contribution in [0, 0.1) is 37.0 Å². The molecule has 640 valence electrons. The highest BCUT2D eigenvalue weighted by molar-refractivity contribution is 6.90. The number of nitrogens with one attached hydrogen (secondary N) is 6. The fraction of sp³-hybridized carbons (Fsp3) is 0.289. The van der Waals surface area contributed by atoms with Gasteiger partial charge in [-0.15, -0.1) is 0 Å². The maximum atomic E-state index is 11.4. The van der Waals surface area contributed by atoms with Gasteiger partial charge in [0.15, 0.2) is 0 Å². The molecule has 8 aromatic carbocycles. The zero-order chi connectivity index (χ0) is 89.0. The van der Waals surface area contributed by atoms with Crippen molar-refractivity contribution in [2.24, 2.45) is 0 Å². The largest absolute Gasteiger partial charge is 0.529 e. The van der Waals surface area contributed by atoms with Crippen molar-refractivity contribution in [2.45, 2.75) is 41.5 Å². The Balaban J connectivity index is 0.000000515. The molecule has 0 spiro atoms. The molecule has 8 aromatic rings. The number of benzene rings is 8. The third kappa shape index (κ3) is 29.1. The van der Waals surface area contributed by atoms with Crippen LogP contribution >= 0.6 is 0 Å². The van der Waals surface area contributed by atoms with Crippen molar-refractivity contribution < 1.29 is 116 Å². The summed E-state index contributed by atoms with van der Waals surface area (Å²) in [6.07, 6.45) is 2.25. The first-order chi connectivity index (χ1) is 56.2. The molecular formula is C76H108N8O26Si8. The Bertz CT molecular complexity index is 4350. The van der Waals surface area contributed by atoms with Crippen molar-refractivity contribution in [1.29, 1.82) is 16.2 Å². The number of aryl methyl sites for hydroxylation is 3. The normalized spacial score (nSPS) is 11.4. The topological polar surface area (TPSA) is 447 Å². The Hall–Kier alpha value is -9.15. The van der Waals surface area contributed by atoms with Crippen LogP contribution in [-0.2, 0) is 116 Å². The fourth-order valence-corrected chi connectivity index (χ4v) is 35.8. The summed E-state index contributed by atoms with van der Waals surface area (Å²) in [4.78, 5) is 59.1. The molecule has 0 aromatic heterocycles. The van der Waals surface area contributed by atoms with Crippen molar-refractivity contribution in [3.05, 3.63) is 211 Å². The number of amides is 3. The lowest BCUT2D eigenvalue weighted by Crippen LogP contribution is -2.68. The first kappa shape index (κ1) is 105. The van der Waals surface area contributed by atoms with Gasteiger partial charge in [0.25, 0.3) is 0 Å². The van der Waals surface area contributed by atoms with E-state index in [0.717, 1.165) is 66.1 Å². The van der Waals surface area contributed by atoms with Gasteiger partial charge in [-0.2, -0.15) is 0 Å². The fourth-order valence-electron chi connectivity index (χ4n) is 11.1. The standard InChI is InChI=1S/3C19H27NO6Si2.C16H24N2O5Si2.3CHNO/c1-15-7-11-18(12-8-15)27(22-3,23-4)26-28(24-5,25-6)19-13-9-17(10-14-19)20-16(2)21;1-15-9-7-11-18(13-15)27(22-3,23-4)26-28(24-5,25-6)19-12-8-10-17(14-19)20-16(2)21;1-15-10-12-18(13-11-15)27(22-3,23-4)26-28(24-5,25-6)19-9-7-8-17(14-19)20-16(2)21;1-19-24(20-2,15-9-5-13(17)6-10-15)23-25(21-3,22-4)16-11-7-14(18)8-12-16;3*2-1-3/h3*7-14H,1-6H3,(H,20,21);5-12H,17-18H2,1-4H3;3*2H. The molecule has 42 heteroatoms. The minimum absolute atomic E-state index is 0.143. The van der Waals surface area contributed by atoms with Crippen LogP contribution in [-0.4, -0.2) is 220 Å². The summed E-state index contributed by atoms with van der Waals surface area (Å²) in [5.41, 5.74) is 18.0. The van der Waals surface area contributed by atoms with Gasteiger partial charge in [0.2, 0.25) is 36.0 Å². The number of nitrogen functional groups attached to an aromatic ring is 2. The molecule has 0 atom stereocenters. The predicted octanol–water partition coefficient (Wildman–Crippen LogP) is 4.79. The summed E-state index contributed by atoms with van der Waals surface area (Å²) in [6.45, 7) is 10.4. The van der Waals surface area contributed by atoms with E-state index < -0.39 is 70.4 Å². The van der Waals surface area contributed by atoms with Crippen LogP contribution in [0.4, 0.5) is 28.4 Å². The molecular weight excluding hydrogens is 1670 g/mol. The van der Waals surface area contributed by atoms with Crippen molar-refractivity contribution in [2.75, 3.05) is 141 Å². The van der Waals surface area contributed by atoms with Crippen LogP contribution in [0.2, 0.25) is 0 Å². The van der Waals surface area contributed by atoms with Gasteiger partial charge in [0.05, 0.1) is 0 Å². The number of anilines is 5. The maximum Gasteiger partial charge on any atom is 0.529 e. The first-order valence-electron chi connectivity index (χ1n) is 35.1. The third-order valence-corrected chi connectivity index (χ3v) is 42.2. The minimum atomic E-state index is -3.42. The lowest BCUT2D eigenvalue weighted by atomic mass is 10.2. The van der Waals surface area contributed by atoms with E-state index in [-0.39, 0.29) is 17.7 Å². The van der Waals surface area contributed by atoms with E-state index in [1.807, 2.05) is 142 Å². The molecule has 0 heterocycles. The highest BCUT2D eigenvalue weighted by Crippen LogP contribution is 2.26. The van der Waals surface area contributed by atoms with Gasteiger partial charge in [-0.3, -0.25) is 14.4 Å². The number of rotatable bonds is 35. The van der Waals surface area contributed by atoms with Crippen LogP contribution in [0.1, 0.15) is 37.5 Å². The molecule has 0 aliphatic heterocycles. The van der Waals surface area contributed by atoms with E-state index in [1.165, 1.54) is 63.4 Å². The van der Waals surface area contributed by atoms with E-state index in [0.29, 0.717) is 38.8 Å². The Morgan fingerprint density at radius 2 is 0.449 bits per heavy atom. The number of hydrogen-bond acceptors (Lipinski definition) is 31. The lowest BCUT2D eigenvalue weighted by Gasteiger charge is -2.36. The molecule has 0 bridgehead atoms. The molecule has 10 N–H and O–H groups in total. The molecule has 0 radical (unpaired) electrons. The number of hydrogen-bond donors (Lipinski definition) is 8. The second-order valence-electron chi connectivity index (χ2n) is 24.1. The Morgan fingerprint density at radius 1 is 0.263 bits per heavy atom. The molecule has 0 aliphatic rings. The Morgan fingerprint density at radius 3 is 0.661 bits per heavy atom. The van der Waals surface area contributed by atoms with Gasteiger partial charge in [-0.25, -0.2) is 30.6 Å². The highest BCUT2D eigenvalue weighted by atomic mass is 28.5. The summed E-state index contributed by atoms with van der Waals surface area (Å²) in [6, 6.07) is 59.3. The molecule has 0 saturated carbocycles. The van der Waals surface area contributed by atoms with Gasteiger partial charge in [-0.05, 0) is 81.4 Å². The third-order valence-electron chi connectivity index (χ3n) is 16.7. The summed E-state index contributed by atoms with van der Waals surface area (Å²) in [5, 5.41) is 30.5. The predicted molar refractivity (Wildman–Crippen MR) is 462 cm³/mol. The van der Waals surface area contributed by atoms with E-state index in [1.54, 1.807) is 144 Å². The van der Waals surface area contributed by atoms with Gasteiger partial charge < -0.3 is 115 Å². The van der Waals surface area contributed by atoms with E-state index in [4.69, 9.17) is 129 Å². The van der Waals surface area contributed by atoms with E-state index in [2.05, 4.69) is 16.0 Å². The number of carbonyl (C=O) groups excluding carboxylic acids is 6. The van der Waals surface area contributed by atoms with E-state index >= 15 is 0 Å². The monoisotopic (exact) mass is 1770 g/mol. The second kappa shape index (κ2) is 52.0. The average Bonchev–Trinajstić information content (AvgIpc) is 0.788. The molecule has 0 saturated heterocycles. The summed E-state index contributed by atoms with van der Waals surface area (Å²) >= 11 is 0. The molecule has 0 fully saturated rings. The number of carbonyl (C=O) groups is 3. The average molecular weight is 1770 g/mol. The summed E-state index contributed by atoms with van der Waals surface area (Å²) in [7, 11) is -2.07. The summed E-state index contributed by atoms with van der Waals surface area (Å²) in [5.74, 6) is -0.481. The molecule has 34 nitrogen and oxygen atoms in total. The SMILES string of the molecule is CO[Si](OC)(O[Si](OC)(OC)c1ccc(N)cc1)c1ccc(N)cc1.CO[Si](OC)(O[Si](OC)(OC)c1ccc(NC(C)=O)cc1)c1ccc(C)cc1.CO[Si](OC)(O[Si](OC)(OC)c1cccc(NC(C)=O)c1)c1ccc(C)cc1.CO[Si](OC)(O[Si](OC)(OC)c1cccc(NC(C)=O)c1)c1cccc(C)c1.N=C=O.N=C=O.N=C=O. The van der Waals surface area contributed by atoms with Gasteiger partial charge >= 0.3 is 70.4 Å². The molecule has 118 heavy (non-hydrogen) atoms. The van der Waals surface area contributed by atoms with Crippen LogP contribution in [0.3, 0.4) is 0 Å². The second-order valence-corrected chi connectivity index (χ2v) is 47.4. The van der Waals surface area contributed by atoms with Crippen LogP contribution in [0.25, 0.3) is 0 Å². The zero-order valence-corrected chi connectivity index (χ0v) is 78.2. The molecule has 0 unspecified atom stereocenters. The zero-order valence-electron chi connectivity index (χ0n) is 70.2. The maximum absolute atomic E-state index is 11.4. The van der Waals surface area contributed by atoms with Crippen LogP contribution in [0.15, 0.2) is 194 Å². The van der Waals surface area contributed by atoms with Crippen LogP contribution in [0.5, 0.6) is 0 Å². The number of nitrogens with two attached hydrogens (primary N) is 2. The molecule has 3 amide bonds. The minimum Gasteiger partial charge on any atom is -0.399 e. The van der Waals surface area contributed by atoms with Crippen molar-refractivity contribution in [3.63, 3.8) is 0 Å².